The Labute approximate surface area is 64.1 Å². The van der Waals surface area contributed by atoms with E-state index < -0.39 is 0 Å². The lowest BCUT2D eigenvalue weighted by molar-refractivity contribution is 0.156. The molecular formula is C9H17O. The molecule has 0 fully saturated rings. The van der Waals surface area contributed by atoms with Crippen LogP contribution in [0.2, 0.25) is 0 Å². The SMILES string of the molecule is [CH2]COCCCCCC=C. The Kier molecular flexibility index (Phi) is 8.44. The Morgan fingerprint density at radius 2 is 2.00 bits per heavy atom. The predicted molar refractivity (Wildman–Crippen MR) is 44.8 cm³/mol. The van der Waals surface area contributed by atoms with Crippen molar-refractivity contribution in [1.29, 1.82) is 0 Å². The summed E-state index contributed by atoms with van der Waals surface area (Å²) in [6, 6.07) is 0. The quantitative estimate of drug-likeness (QED) is 0.391. The molecule has 59 valence electrons. The average Bonchev–Trinajstić information content (AvgIpc) is 1.97. The third-order valence-electron chi connectivity index (χ3n) is 1.34. The fraction of sp³-hybridized carbons (Fsp3) is 0.667. The van der Waals surface area contributed by atoms with Crippen molar-refractivity contribution in [2.75, 3.05) is 13.2 Å². The Balaban J connectivity index is 2.70. The first kappa shape index (κ1) is 9.70. The van der Waals surface area contributed by atoms with Crippen molar-refractivity contribution in [3.05, 3.63) is 19.6 Å². The standard InChI is InChI=1S/C9H17O/c1-3-5-6-7-8-9-10-4-2/h3H,1-2,4-9H2. The first-order valence-corrected chi connectivity index (χ1v) is 3.89. The topological polar surface area (TPSA) is 9.23 Å². The third kappa shape index (κ3) is 7.70. The van der Waals surface area contributed by atoms with Gasteiger partial charge in [0.15, 0.2) is 0 Å². The molecule has 0 unspecified atom stereocenters. The second kappa shape index (κ2) is 8.70. The Morgan fingerprint density at radius 1 is 1.20 bits per heavy atom. The minimum absolute atomic E-state index is 0.599. The van der Waals surface area contributed by atoms with Gasteiger partial charge in [-0.2, -0.15) is 0 Å². The monoisotopic (exact) mass is 141 g/mol. The van der Waals surface area contributed by atoms with Crippen molar-refractivity contribution >= 4 is 0 Å². The van der Waals surface area contributed by atoms with E-state index in [1.54, 1.807) is 0 Å². The summed E-state index contributed by atoms with van der Waals surface area (Å²) in [6.45, 7) is 8.70. The maximum atomic E-state index is 5.08. The molecule has 0 N–H and O–H groups in total. The molecule has 0 aliphatic rings. The van der Waals surface area contributed by atoms with Crippen LogP contribution in [0.4, 0.5) is 0 Å². The highest BCUT2D eigenvalue weighted by atomic mass is 16.5. The smallest absolute Gasteiger partial charge is 0.0466 e. The van der Waals surface area contributed by atoms with E-state index in [0.29, 0.717) is 6.61 Å². The molecule has 0 saturated heterocycles. The molecule has 0 rings (SSSR count). The van der Waals surface area contributed by atoms with E-state index in [0.717, 1.165) is 19.4 Å². The van der Waals surface area contributed by atoms with Gasteiger partial charge in [-0.15, -0.1) is 6.58 Å². The van der Waals surface area contributed by atoms with E-state index >= 15 is 0 Å². The summed E-state index contributed by atoms with van der Waals surface area (Å²) in [5.74, 6) is 0. The molecule has 0 heterocycles. The maximum absolute atomic E-state index is 5.08. The molecule has 0 atom stereocenters. The zero-order valence-corrected chi connectivity index (χ0v) is 6.64. The van der Waals surface area contributed by atoms with E-state index in [9.17, 15) is 0 Å². The average molecular weight is 141 g/mol. The summed E-state index contributed by atoms with van der Waals surface area (Å²) in [5.41, 5.74) is 0. The van der Waals surface area contributed by atoms with Crippen molar-refractivity contribution in [3.63, 3.8) is 0 Å². The highest BCUT2D eigenvalue weighted by molar-refractivity contribution is 4.65. The van der Waals surface area contributed by atoms with Crippen LogP contribution in [-0.4, -0.2) is 13.2 Å². The van der Waals surface area contributed by atoms with Crippen LogP contribution in [0.3, 0.4) is 0 Å². The second-order valence-electron chi connectivity index (χ2n) is 2.25. The van der Waals surface area contributed by atoms with Crippen LogP contribution in [0.15, 0.2) is 12.7 Å². The lowest BCUT2D eigenvalue weighted by atomic mass is 10.2. The van der Waals surface area contributed by atoms with E-state index in [1.165, 1.54) is 12.8 Å². The number of rotatable bonds is 7. The highest BCUT2D eigenvalue weighted by Gasteiger charge is 1.86. The van der Waals surface area contributed by atoms with Gasteiger partial charge in [-0.3, -0.25) is 0 Å². The van der Waals surface area contributed by atoms with Crippen molar-refractivity contribution in [1.82, 2.24) is 0 Å². The number of allylic oxidation sites excluding steroid dienone is 1. The number of hydrogen-bond donors (Lipinski definition) is 0. The predicted octanol–water partition coefficient (Wildman–Crippen LogP) is 2.58. The molecule has 0 aliphatic carbocycles. The Bertz CT molecular complexity index is 69.1. The zero-order chi connectivity index (χ0) is 7.66. The van der Waals surface area contributed by atoms with Crippen molar-refractivity contribution in [2.24, 2.45) is 0 Å². The molecule has 1 radical (unpaired) electrons. The van der Waals surface area contributed by atoms with Gasteiger partial charge in [0.1, 0.15) is 0 Å². The van der Waals surface area contributed by atoms with Gasteiger partial charge in [0.05, 0.1) is 0 Å². The van der Waals surface area contributed by atoms with E-state index in [4.69, 9.17) is 4.74 Å². The van der Waals surface area contributed by atoms with Crippen molar-refractivity contribution < 1.29 is 4.74 Å². The maximum Gasteiger partial charge on any atom is 0.0466 e. The molecule has 0 bridgehead atoms. The van der Waals surface area contributed by atoms with Gasteiger partial charge in [0, 0.05) is 13.2 Å². The van der Waals surface area contributed by atoms with Crippen LogP contribution in [-0.2, 0) is 4.74 Å². The minimum atomic E-state index is 0.599. The summed E-state index contributed by atoms with van der Waals surface area (Å²) in [4.78, 5) is 0. The largest absolute Gasteiger partial charge is 0.381 e. The zero-order valence-electron chi connectivity index (χ0n) is 6.64. The molecule has 0 amide bonds. The molecule has 0 spiro atoms. The first-order valence-electron chi connectivity index (χ1n) is 3.89. The lowest BCUT2D eigenvalue weighted by Gasteiger charge is -1.98. The van der Waals surface area contributed by atoms with Crippen LogP contribution in [0.25, 0.3) is 0 Å². The van der Waals surface area contributed by atoms with Crippen molar-refractivity contribution in [2.45, 2.75) is 25.7 Å². The normalized spacial score (nSPS) is 9.70. The number of unbranched alkanes of at least 4 members (excludes halogenated alkanes) is 3. The van der Waals surface area contributed by atoms with E-state index in [2.05, 4.69) is 13.5 Å². The van der Waals surface area contributed by atoms with E-state index in [1.807, 2.05) is 6.08 Å². The number of ether oxygens (including phenoxy) is 1. The van der Waals surface area contributed by atoms with Crippen LogP contribution in [0, 0.1) is 6.92 Å². The Hall–Kier alpha value is -0.300. The fourth-order valence-electron chi connectivity index (χ4n) is 0.772. The van der Waals surface area contributed by atoms with E-state index in [-0.39, 0.29) is 0 Å². The second-order valence-corrected chi connectivity index (χ2v) is 2.25. The molecule has 0 aromatic rings. The third-order valence-corrected chi connectivity index (χ3v) is 1.34. The van der Waals surface area contributed by atoms with Gasteiger partial charge in [0.25, 0.3) is 0 Å². The summed E-state index contributed by atoms with van der Waals surface area (Å²) in [6.07, 6.45) is 6.73. The van der Waals surface area contributed by atoms with Crippen molar-refractivity contribution in [3.8, 4) is 0 Å². The van der Waals surface area contributed by atoms with Gasteiger partial charge in [-0.25, -0.2) is 0 Å². The summed E-state index contributed by atoms with van der Waals surface area (Å²) < 4.78 is 5.08. The van der Waals surface area contributed by atoms with Crippen LogP contribution < -0.4 is 0 Å². The van der Waals surface area contributed by atoms with Gasteiger partial charge >= 0.3 is 0 Å². The van der Waals surface area contributed by atoms with Crippen LogP contribution >= 0.6 is 0 Å². The summed E-state index contributed by atoms with van der Waals surface area (Å²) in [7, 11) is 0. The minimum Gasteiger partial charge on any atom is -0.381 e. The number of hydrogen-bond acceptors (Lipinski definition) is 1. The molecule has 1 heteroatoms. The Morgan fingerprint density at radius 3 is 2.60 bits per heavy atom. The molecule has 10 heavy (non-hydrogen) atoms. The lowest BCUT2D eigenvalue weighted by Crippen LogP contribution is -1.92. The molecule has 1 nitrogen and oxygen atoms in total. The first-order chi connectivity index (χ1) is 4.91. The molecular weight excluding hydrogens is 124 g/mol. The molecule has 0 aromatic carbocycles. The van der Waals surface area contributed by atoms with Gasteiger partial charge < -0.3 is 4.74 Å². The molecule has 0 aliphatic heterocycles. The fourth-order valence-corrected chi connectivity index (χ4v) is 0.772. The molecule has 0 saturated carbocycles. The summed E-state index contributed by atoms with van der Waals surface area (Å²) in [5, 5.41) is 0. The summed E-state index contributed by atoms with van der Waals surface area (Å²) >= 11 is 0. The van der Waals surface area contributed by atoms with Gasteiger partial charge in [0.2, 0.25) is 0 Å². The highest BCUT2D eigenvalue weighted by Crippen LogP contribution is 1.99. The van der Waals surface area contributed by atoms with Crippen LogP contribution in [0.5, 0.6) is 0 Å². The molecule has 0 aromatic heterocycles. The van der Waals surface area contributed by atoms with Gasteiger partial charge in [-0.1, -0.05) is 12.5 Å². The van der Waals surface area contributed by atoms with Crippen LogP contribution in [0.1, 0.15) is 25.7 Å². The van der Waals surface area contributed by atoms with Gasteiger partial charge in [-0.05, 0) is 26.2 Å².